The van der Waals surface area contributed by atoms with Gasteiger partial charge >= 0.3 is 0 Å². The zero-order valence-electron chi connectivity index (χ0n) is 9.83. The Morgan fingerprint density at radius 1 is 1.33 bits per heavy atom. The summed E-state index contributed by atoms with van der Waals surface area (Å²) in [6.45, 7) is 4.07. The topological polar surface area (TPSA) is 49.3 Å². The highest BCUT2D eigenvalue weighted by atomic mass is 16.3. The summed E-state index contributed by atoms with van der Waals surface area (Å²) in [5.41, 5.74) is 0. The number of aliphatic hydroxyl groups is 1. The Morgan fingerprint density at radius 3 is 2.47 bits per heavy atom. The van der Waals surface area contributed by atoms with Gasteiger partial charge in [-0.15, -0.1) is 0 Å². The highest BCUT2D eigenvalue weighted by molar-refractivity contribution is 5.78. The maximum atomic E-state index is 11.8. The van der Waals surface area contributed by atoms with Gasteiger partial charge in [-0.1, -0.05) is 26.7 Å². The largest absolute Gasteiger partial charge is 0.391 e. The van der Waals surface area contributed by atoms with Gasteiger partial charge in [-0.3, -0.25) is 4.79 Å². The average molecular weight is 213 g/mol. The van der Waals surface area contributed by atoms with Crippen molar-refractivity contribution in [1.29, 1.82) is 0 Å². The van der Waals surface area contributed by atoms with Crippen LogP contribution >= 0.6 is 0 Å². The molecule has 0 aromatic heterocycles. The molecule has 0 bridgehead atoms. The summed E-state index contributed by atoms with van der Waals surface area (Å²) in [4.78, 5) is 11.8. The number of hydrogen-bond donors (Lipinski definition) is 2. The zero-order chi connectivity index (χ0) is 11.3. The molecule has 88 valence electrons. The molecule has 0 aromatic rings. The lowest BCUT2D eigenvalue weighted by atomic mass is 9.91. The van der Waals surface area contributed by atoms with Gasteiger partial charge in [-0.2, -0.15) is 0 Å². The third-order valence-electron chi connectivity index (χ3n) is 3.41. The highest BCUT2D eigenvalue weighted by Crippen LogP contribution is 2.19. The van der Waals surface area contributed by atoms with E-state index in [-0.39, 0.29) is 24.0 Å². The number of rotatable bonds is 4. The van der Waals surface area contributed by atoms with E-state index >= 15 is 0 Å². The van der Waals surface area contributed by atoms with E-state index in [1.54, 1.807) is 0 Å². The van der Waals surface area contributed by atoms with Crippen LogP contribution in [0.15, 0.2) is 0 Å². The molecule has 0 radical (unpaired) electrons. The lowest BCUT2D eigenvalue weighted by Crippen LogP contribution is -2.47. The molecular weight excluding hydrogens is 190 g/mol. The minimum absolute atomic E-state index is 0.00755. The van der Waals surface area contributed by atoms with E-state index in [0.29, 0.717) is 0 Å². The Hall–Kier alpha value is -0.570. The summed E-state index contributed by atoms with van der Waals surface area (Å²) in [5, 5.41) is 12.7. The monoisotopic (exact) mass is 213 g/mol. The molecule has 0 aliphatic heterocycles. The molecule has 2 N–H and O–H groups in total. The molecule has 1 aliphatic carbocycles. The summed E-state index contributed by atoms with van der Waals surface area (Å²) in [6, 6.07) is -0.00755. The van der Waals surface area contributed by atoms with Gasteiger partial charge in [-0.05, 0) is 25.7 Å². The Labute approximate surface area is 92.3 Å². The molecule has 0 heterocycles. The van der Waals surface area contributed by atoms with Gasteiger partial charge in [-0.25, -0.2) is 0 Å². The summed E-state index contributed by atoms with van der Waals surface area (Å²) >= 11 is 0. The van der Waals surface area contributed by atoms with Crippen LogP contribution < -0.4 is 5.32 Å². The van der Waals surface area contributed by atoms with Crippen molar-refractivity contribution in [1.82, 2.24) is 5.32 Å². The van der Waals surface area contributed by atoms with E-state index in [2.05, 4.69) is 5.32 Å². The quantitative estimate of drug-likeness (QED) is 0.748. The highest BCUT2D eigenvalue weighted by Gasteiger charge is 2.26. The van der Waals surface area contributed by atoms with Crippen LogP contribution in [0.3, 0.4) is 0 Å². The molecule has 1 aliphatic rings. The third-order valence-corrected chi connectivity index (χ3v) is 3.41. The van der Waals surface area contributed by atoms with Crippen LogP contribution in [0.5, 0.6) is 0 Å². The minimum atomic E-state index is -0.336. The van der Waals surface area contributed by atoms with Crippen molar-refractivity contribution in [2.75, 3.05) is 0 Å². The predicted octanol–water partition coefficient (Wildman–Crippen LogP) is 1.84. The molecule has 2 atom stereocenters. The Bertz CT molecular complexity index is 202. The molecule has 3 nitrogen and oxygen atoms in total. The Kier molecular flexibility index (Phi) is 5.09. The number of aliphatic hydroxyl groups excluding tert-OH is 1. The summed E-state index contributed by atoms with van der Waals surface area (Å²) in [6.07, 6.45) is 5.37. The first kappa shape index (κ1) is 12.5. The molecule has 3 heteroatoms. The number of amides is 1. The lowest BCUT2D eigenvalue weighted by molar-refractivity contribution is -0.127. The van der Waals surface area contributed by atoms with Crippen LogP contribution in [0.2, 0.25) is 0 Å². The maximum absolute atomic E-state index is 11.8. The standard InChI is InChI=1S/C12H23NO2/c1-3-9(4-2)12(15)13-10-7-5-6-8-11(10)14/h9-11,14H,3-8H2,1-2H3,(H,13,15). The number of nitrogens with one attached hydrogen (secondary N) is 1. The fourth-order valence-corrected chi connectivity index (χ4v) is 2.24. The minimum Gasteiger partial charge on any atom is -0.391 e. The predicted molar refractivity (Wildman–Crippen MR) is 60.5 cm³/mol. The van der Waals surface area contributed by atoms with Crippen molar-refractivity contribution >= 4 is 5.91 Å². The molecule has 1 saturated carbocycles. The van der Waals surface area contributed by atoms with Gasteiger partial charge in [0.05, 0.1) is 12.1 Å². The SMILES string of the molecule is CCC(CC)C(=O)NC1CCCCC1O. The first-order chi connectivity index (χ1) is 7.19. The Balaban J connectivity index is 2.41. The molecule has 1 fully saturated rings. The second-order valence-corrected chi connectivity index (χ2v) is 4.48. The van der Waals surface area contributed by atoms with Crippen molar-refractivity contribution in [3.63, 3.8) is 0 Å². The molecule has 0 spiro atoms. The summed E-state index contributed by atoms with van der Waals surface area (Å²) < 4.78 is 0. The molecule has 15 heavy (non-hydrogen) atoms. The number of carbonyl (C=O) groups excluding carboxylic acids is 1. The second-order valence-electron chi connectivity index (χ2n) is 4.48. The van der Waals surface area contributed by atoms with Crippen molar-refractivity contribution < 1.29 is 9.90 Å². The van der Waals surface area contributed by atoms with Crippen molar-refractivity contribution in [2.24, 2.45) is 5.92 Å². The van der Waals surface area contributed by atoms with Crippen LogP contribution in [-0.2, 0) is 4.79 Å². The normalized spacial score (nSPS) is 26.7. The van der Waals surface area contributed by atoms with E-state index in [4.69, 9.17) is 0 Å². The first-order valence-corrected chi connectivity index (χ1v) is 6.17. The fourth-order valence-electron chi connectivity index (χ4n) is 2.24. The molecule has 1 rings (SSSR count). The Morgan fingerprint density at radius 2 is 1.93 bits per heavy atom. The molecule has 0 aromatic carbocycles. The van der Waals surface area contributed by atoms with E-state index in [1.807, 2.05) is 13.8 Å². The van der Waals surface area contributed by atoms with Crippen molar-refractivity contribution in [3.8, 4) is 0 Å². The van der Waals surface area contributed by atoms with Crippen LogP contribution in [-0.4, -0.2) is 23.2 Å². The lowest BCUT2D eigenvalue weighted by Gasteiger charge is -2.29. The van der Waals surface area contributed by atoms with Gasteiger partial charge in [0.2, 0.25) is 5.91 Å². The summed E-state index contributed by atoms with van der Waals surface area (Å²) in [7, 11) is 0. The number of carbonyl (C=O) groups is 1. The van der Waals surface area contributed by atoms with E-state index in [1.165, 1.54) is 0 Å². The second kappa shape index (κ2) is 6.11. The van der Waals surface area contributed by atoms with Gasteiger partial charge < -0.3 is 10.4 Å². The van der Waals surface area contributed by atoms with Gasteiger partial charge in [0.25, 0.3) is 0 Å². The van der Waals surface area contributed by atoms with E-state index in [9.17, 15) is 9.90 Å². The molecule has 1 amide bonds. The molecule has 2 unspecified atom stereocenters. The smallest absolute Gasteiger partial charge is 0.223 e. The van der Waals surface area contributed by atoms with Crippen molar-refractivity contribution in [2.45, 2.75) is 64.5 Å². The van der Waals surface area contributed by atoms with Crippen LogP contribution in [0.25, 0.3) is 0 Å². The molecule has 0 saturated heterocycles. The van der Waals surface area contributed by atoms with Gasteiger partial charge in [0, 0.05) is 5.92 Å². The summed E-state index contributed by atoms with van der Waals surface area (Å²) in [5.74, 6) is 0.227. The van der Waals surface area contributed by atoms with Crippen LogP contribution in [0.1, 0.15) is 52.4 Å². The van der Waals surface area contributed by atoms with Crippen LogP contribution in [0.4, 0.5) is 0 Å². The maximum Gasteiger partial charge on any atom is 0.223 e. The van der Waals surface area contributed by atoms with E-state index < -0.39 is 0 Å². The van der Waals surface area contributed by atoms with Gasteiger partial charge in [0.1, 0.15) is 0 Å². The first-order valence-electron chi connectivity index (χ1n) is 6.17. The fraction of sp³-hybridized carbons (Fsp3) is 0.917. The van der Waals surface area contributed by atoms with Crippen molar-refractivity contribution in [3.05, 3.63) is 0 Å². The van der Waals surface area contributed by atoms with Gasteiger partial charge in [0.15, 0.2) is 0 Å². The number of hydrogen-bond acceptors (Lipinski definition) is 2. The van der Waals surface area contributed by atoms with E-state index in [0.717, 1.165) is 38.5 Å². The molecular formula is C12H23NO2. The third kappa shape index (κ3) is 3.49. The van der Waals surface area contributed by atoms with Crippen LogP contribution in [0, 0.1) is 5.92 Å². The zero-order valence-corrected chi connectivity index (χ0v) is 9.83. The average Bonchev–Trinajstić information content (AvgIpc) is 2.23.